The number of hydrogen-bond acceptors (Lipinski definition) is 4. The van der Waals surface area contributed by atoms with Crippen LogP contribution in [0, 0.1) is 5.92 Å². The van der Waals surface area contributed by atoms with Gasteiger partial charge in [-0.15, -0.1) is 12.4 Å². The lowest BCUT2D eigenvalue weighted by atomic mass is 10.0. The standard InChI is InChI=1S/C17H28N2O3S.ClH/c1-14(2)13-15-3-5-17(6-4-15)23(20,21)19(10-9-18)16-7-11-22-12-8-16;/h3-6,14,16H,7-13,18H2,1-2H3;1H. The van der Waals surface area contributed by atoms with Gasteiger partial charge in [0.15, 0.2) is 0 Å². The highest BCUT2D eigenvalue weighted by molar-refractivity contribution is 7.89. The minimum Gasteiger partial charge on any atom is -0.381 e. The summed E-state index contributed by atoms with van der Waals surface area (Å²) < 4.78 is 32.9. The molecule has 1 aliphatic heterocycles. The zero-order valence-corrected chi connectivity index (χ0v) is 16.1. The Bertz CT molecular complexity index is 584. The molecule has 2 rings (SSSR count). The Labute approximate surface area is 152 Å². The quantitative estimate of drug-likeness (QED) is 0.793. The van der Waals surface area contributed by atoms with Gasteiger partial charge in [-0.3, -0.25) is 0 Å². The van der Waals surface area contributed by atoms with Crippen LogP contribution in [-0.2, 0) is 21.2 Å². The molecule has 1 heterocycles. The van der Waals surface area contributed by atoms with Crippen LogP contribution in [0.1, 0.15) is 32.3 Å². The first kappa shape index (κ1) is 21.4. The molecule has 0 aromatic heterocycles. The van der Waals surface area contributed by atoms with Crippen molar-refractivity contribution >= 4 is 22.4 Å². The van der Waals surface area contributed by atoms with Gasteiger partial charge in [-0.25, -0.2) is 8.42 Å². The fraction of sp³-hybridized carbons (Fsp3) is 0.647. The largest absolute Gasteiger partial charge is 0.381 e. The molecule has 0 atom stereocenters. The summed E-state index contributed by atoms with van der Waals surface area (Å²) in [5.41, 5.74) is 6.81. The van der Waals surface area contributed by atoms with E-state index in [1.807, 2.05) is 12.1 Å². The van der Waals surface area contributed by atoms with Crippen LogP contribution in [-0.4, -0.2) is 45.1 Å². The molecule has 0 saturated carbocycles. The average molecular weight is 377 g/mol. The van der Waals surface area contributed by atoms with E-state index in [0.29, 0.717) is 37.1 Å². The second-order valence-corrected chi connectivity index (χ2v) is 8.38. The van der Waals surface area contributed by atoms with Gasteiger partial charge >= 0.3 is 0 Å². The number of nitrogens with zero attached hydrogens (tertiary/aromatic N) is 1. The summed E-state index contributed by atoms with van der Waals surface area (Å²) in [5.74, 6) is 0.549. The maximum Gasteiger partial charge on any atom is 0.243 e. The predicted molar refractivity (Wildman–Crippen MR) is 99.0 cm³/mol. The summed E-state index contributed by atoms with van der Waals surface area (Å²) in [4.78, 5) is 0.352. The molecule has 5 nitrogen and oxygen atoms in total. The smallest absolute Gasteiger partial charge is 0.243 e. The monoisotopic (exact) mass is 376 g/mol. The Morgan fingerprint density at radius 3 is 2.29 bits per heavy atom. The third kappa shape index (κ3) is 5.43. The first-order valence-corrected chi connectivity index (χ1v) is 9.77. The van der Waals surface area contributed by atoms with Crippen molar-refractivity contribution in [3.63, 3.8) is 0 Å². The average Bonchev–Trinajstić information content (AvgIpc) is 2.53. The van der Waals surface area contributed by atoms with Crippen molar-refractivity contribution in [3.05, 3.63) is 29.8 Å². The van der Waals surface area contributed by atoms with Gasteiger partial charge in [0.25, 0.3) is 0 Å². The molecule has 0 bridgehead atoms. The van der Waals surface area contributed by atoms with Crippen molar-refractivity contribution in [1.82, 2.24) is 4.31 Å². The van der Waals surface area contributed by atoms with Crippen LogP contribution in [0.3, 0.4) is 0 Å². The van der Waals surface area contributed by atoms with Crippen molar-refractivity contribution in [2.75, 3.05) is 26.3 Å². The molecule has 1 saturated heterocycles. The van der Waals surface area contributed by atoms with E-state index in [0.717, 1.165) is 24.8 Å². The molecule has 1 aliphatic rings. The number of hydrogen-bond donors (Lipinski definition) is 1. The van der Waals surface area contributed by atoms with Gasteiger partial charge in [0.1, 0.15) is 0 Å². The maximum absolute atomic E-state index is 13.0. The maximum atomic E-state index is 13.0. The molecule has 1 aromatic carbocycles. The first-order chi connectivity index (χ1) is 10.9. The highest BCUT2D eigenvalue weighted by atomic mass is 35.5. The van der Waals surface area contributed by atoms with Crippen LogP contribution < -0.4 is 5.73 Å². The Hall–Kier alpha value is -0.660. The molecule has 1 fully saturated rings. The summed E-state index contributed by atoms with van der Waals surface area (Å²) in [5, 5.41) is 0. The summed E-state index contributed by atoms with van der Waals surface area (Å²) >= 11 is 0. The van der Waals surface area contributed by atoms with Crippen LogP contribution in [0.25, 0.3) is 0 Å². The summed E-state index contributed by atoms with van der Waals surface area (Å²) in [6, 6.07) is 7.24. The van der Waals surface area contributed by atoms with Crippen molar-refractivity contribution in [2.24, 2.45) is 11.7 Å². The van der Waals surface area contributed by atoms with Crippen molar-refractivity contribution in [1.29, 1.82) is 0 Å². The van der Waals surface area contributed by atoms with E-state index in [1.54, 1.807) is 16.4 Å². The minimum atomic E-state index is -3.51. The van der Waals surface area contributed by atoms with Gasteiger partial charge in [0.2, 0.25) is 10.0 Å². The highest BCUT2D eigenvalue weighted by Gasteiger charge is 2.31. The minimum absolute atomic E-state index is 0. The molecule has 0 amide bonds. The molecule has 1 aromatic rings. The fourth-order valence-electron chi connectivity index (χ4n) is 3.00. The molecule has 0 unspecified atom stereocenters. The summed E-state index contributed by atoms with van der Waals surface area (Å²) in [6.45, 7) is 6.18. The molecule has 2 N–H and O–H groups in total. The molecule has 24 heavy (non-hydrogen) atoms. The predicted octanol–water partition coefficient (Wildman–Crippen LogP) is 2.44. The Kier molecular flexibility index (Phi) is 8.67. The van der Waals surface area contributed by atoms with Gasteiger partial charge in [0.05, 0.1) is 4.90 Å². The molecular weight excluding hydrogens is 348 g/mol. The van der Waals surface area contributed by atoms with Gasteiger partial charge < -0.3 is 10.5 Å². The Morgan fingerprint density at radius 1 is 1.21 bits per heavy atom. The van der Waals surface area contributed by atoms with Crippen molar-refractivity contribution < 1.29 is 13.2 Å². The number of sulfonamides is 1. The number of halogens is 1. The van der Waals surface area contributed by atoms with E-state index in [-0.39, 0.29) is 18.4 Å². The molecule has 0 spiro atoms. The Morgan fingerprint density at radius 2 is 1.79 bits per heavy atom. The number of rotatable bonds is 7. The summed E-state index contributed by atoms with van der Waals surface area (Å²) in [6.07, 6.45) is 2.40. The van der Waals surface area contributed by atoms with Crippen LogP contribution >= 0.6 is 12.4 Å². The van der Waals surface area contributed by atoms with Crippen LogP contribution in [0.2, 0.25) is 0 Å². The van der Waals surface area contributed by atoms with E-state index in [1.165, 1.54) is 0 Å². The first-order valence-electron chi connectivity index (χ1n) is 8.33. The number of benzene rings is 1. The van der Waals surface area contributed by atoms with E-state index < -0.39 is 10.0 Å². The molecule has 7 heteroatoms. The summed E-state index contributed by atoms with van der Waals surface area (Å²) in [7, 11) is -3.51. The van der Waals surface area contributed by atoms with Gasteiger partial charge in [-0.1, -0.05) is 26.0 Å². The third-order valence-electron chi connectivity index (χ3n) is 4.12. The fourth-order valence-corrected chi connectivity index (χ4v) is 4.70. The van der Waals surface area contributed by atoms with Gasteiger partial charge in [-0.2, -0.15) is 4.31 Å². The van der Waals surface area contributed by atoms with E-state index in [4.69, 9.17) is 10.5 Å². The van der Waals surface area contributed by atoms with Crippen LogP contribution in [0.5, 0.6) is 0 Å². The lowest BCUT2D eigenvalue weighted by Crippen LogP contribution is -2.45. The van der Waals surface area contributed by atoms with Crippen LogP contribution in [0.4, 0.5) is 0 Å². The van der Waals surface area contributed by atoms with E-state index in [9.17, 15) is 8.42 Å². The molecular formula is C17H29ClN2O3S. The highest BCUT2D eigenvalue weighted by Crippen LogP contribution is 2.24. The van der Waals surface area contributed by atoms with Crippen LogP contribution in [0.15, 0.2) is 29.2 Å². The third-order valence-corrected chi connectivity index (χ3v) is 6.09. The zero-order valence-electron chi connectivity index (χ0n) is 14.5. The number of nitrogens with two attached hydrogens (primary N) is 1. The molecule has 0 radical (unpaired) electrons. The second kappa shape index (κ2) is 9.73. The van der Waals surface area contributed by atoms with Crippen molar-refractivity contribution in [2.45, 2.75) is 44.0 Å². The van der Waals surface area contributed by atoms with Gasteiger partial charge in [-0.05, 0) is 42.9 Å². The van der Waals surface area contributed by atoms with E-state index >= 15 is 0 Å². The normalized spacial score (nSPS) is 16.4. The Balaban J connectivity index is 0.00000288. The molecule has 138 valence electrons. The lowest BCUT2D eigenvalue weighted by Gasteiger charge is -2.33. The van der Waals surface area contributed by atoms with Gasteiger partial charge in [0, 0.05) is 32.3 Å². The van der Waals surface area contributed by atoms with E-state index in [2.05, 4.69) is 13.8 Å². The lowest BCUT2D eigenvalue weighted by molar-refractivity contribution is 0.0590. The SMILES string of the molecule is CC(C)Cc1ccc(S(=O)(=O)N(CCN)C2CCOCC2)cc1.Cl. The number of ether oxygens (including phenoxy) is 1. The molecule has 0 aliphatic carbocycles. The van der Waals surface area contributed by atoms with Crippen molar-refractivity contribution in [3.8, 4) is 0 Å². The second-order valence-electron chi connectivity index (χ2n) is 6.49. The topological polar surface area (TPSA) is 72.6 Å². The zero-order chi connectivity index (χ0) is 16.9.